The monoisotopic (exact) mass is 358 g/mol. The van der Waals surface area contributed by atoms with Gasteiger partial charge in [0.1, 0.15) is 19.1 Å². The van der Waals surface area contributed by atoms with E-state index >= 15 is 0 Å². The fraction of sp³-hybridized carbons (Fsp3) is 0.375. The molecule has 1 aromatic carbocycles. The Morgan fingerprint density at radius 1 is 1.24 bits per heavy atom. The Balaban J connectivity index is 2.32. The highest BCUT2D eigenvalue weighted by molar-refractivity contribution is 5.89. The molecule has 2 rings (SSSR count). The number of aromatic nitrogens is 1. The lowest BCUT2D eigenvalue weighted by atomic mass is 10.1. The molecule has 0 N–H and O–H groups in total. The van der Waals surface area contributed by atoms with E-state index < -0.39 is 11.7 Å². The number of ether oxygens (including phenoxy) is 2. The molecule has 6 nitrogen and oxygen atoms in total. The van der Waals surface area contributed by atoms with Crippen molar-refractivity contribution in [2.45, 2.75) is 19.7 Å². The second-order valence-corrected chi connectivity index (χ2v) is 4.85. The summed E-state index contributed by atoms with van der Waals surface area (Å²) < 4.78 is 53.3. The van der Waals surface area contributed by atoms with Crippen molar-refractivity contribution in [3.8, 4) is 11.3 Å². The van der Waals surface area contributed by atoms with Gasteiger partial charge in [0.15, 0.2) is 5.76 Å². The van der Waals surface area contributed by atoms with Crippen molar-refractivity contribution in [3.05, 3.63) is 41.1 Å². The molecule has 0 saturated heterocycles. The van der Waals surface area contributed by atoms with Gasteiger partial charge >= 0.3 is 6.18 Å². The second-order valence-electron chi connectivity index (χ2n) is 4.85. The molecule has 0 aliphatic heterocycles. The van der Waals surface area contributed by atoms with Gasteiger partial charge in [0.2, 0.25) is 0 Å². The van der Waals surface area contributed by atoms with E-state index in [4.69, 9.17) is 18.8 Å². The first kappa shape index (κ1) is 18.9. The lowest BCUT2D eigenvalue weighted by molar-refractivity contribution is -0.137. The second kappa shape index (κ2) is 8.63. The molecule has 0 radical (unpaired) electrons. The lowest BCUT2D eigenvalue weighted by Gasteiger charge is -2.06. The number of nitrogens with zero attached hydrogens (tertiary/aromatic N) is 2. The highest BCUT2D eigenvalue weighted by Gasteiger charge is 2.30. The quantitative estimate of drug-likeness (QED) is 0.310. The molecule has 0 atom stereocenters. The van der Waals surface area contributed by atoms with E-state index in [1.165, 1.54) is 25.5 Å². The molecule has 0 bridgehead atoms. The van der Waals surface area contributed by atoms with Crippen molar-refractivity contribution in [1.82, 2.24) is 5.16 Å². The van der Waals surface area contributed by atoms with E-state index in [2.05, 4.69) is 10.3 Å². The van der Waals surface area contributed by atoms with Crippen LogP contribution in [0.15, 0.2) is 33.9 Å². The Labute approximate surface area is 142 Å². The predicted molar refractivity (Wildman–Crippen MR) is 82.8 cm³/mol. The molecule has 0 saturated carbocycles. The minimum Gasteiger partial charge on any atom is -0.396 e. The van der Waals surface area contributed by atoms with Crippen LogP contribution in [0, 0.1) is 0 Å². The van der Waals surface area contributed by atoms with E-state index in [0.717, 1.165) is 12.1 Å². The van der Waals surface area contributed by atoms with Crippen LogP contribution in [0.5, 0.6) is 0 Å². The highest BCUT2D eigenvalue weighted by Crippen LogP contribution is 2.32. The van der Waals surface area contributed by atoms with Crippen molar-refractivity contribution in [2.75, 3.05) is 20.5 Å². The lowest BCUT2D eigenvalue weighted by Crippen LogP contribution is -2.04. The minimum atomic E-state index is -4.40. The Morgan fingerprint density at radius 2 is 1.96 bits per heavy atom. The van der Waals surface area contributed by atoms with Gasteiger partial charge in [-0.15, -0.1) is 0 Å². The molecule has 136 valence electrons. The van der Waals surface area contributed by atoms with Gasteiger partial charge in [-0.3, -0.25) is 0 Å². The fourth-order valence-electron chi connectivity index (χ4n) is 1.97. The number of rotatable bonds is 8. The molecule has 0 fully saturated rings. The number of hydrogen-bond donors (Lipinski definition) is 0. The van der Waals surface area contributed by atoms with Gasteiger partial charge in [-0.2, -0.15) is 13.2 Å². The Morgan fingerprint density at radius 3 is 2.56 bits per heavy atom. The molecule has 0 unspecified atom stereocenters. The van der Waals surface area contributed by atoms with E-state index in [0.29, 0.717) is 23.4 Å². The largest absolute Gasteiger partial charge is 0.416 e. The zero-order chi connectivity index (χ0) is 18.3. The third-order valence-electron chi connectivity index (χ3n) is 3.10. The summed E-state index contributed by atoms with van der Waals surface area (Å²) in [7, 11) is 1.48. The third-order valence-corrected chi connectivity index (χ3v) is 3.10. The molecule has 1 heterocycles. The van der Waals surface area contributed by atoms with E-state index in [1.54, 1.807) is 6.92 Å². The van der Waals surface area contributed by atoms with Crippen molar-refractivity contribution >= 4 is 6.21 Å². The molecule has 25 heavy (non-hydrogen) atoms. The van der Waals surface area contributed by atoms with E-state index in [1.807, 2.05) is 0 Å². The zero-order valence-corrected chi connectivity index (χ0v) is 13.7. The normalized spacial score (nSPS) is 12.0. The Hall–Kier alpha value is -2.39. The van der Waals surface area contributed by atoms with Crippen molar-refractivity contribution in [1.29, 1.82) is 0 Å². The van der Waals surface area contributed by atoms with Gasteiger partial charge < -0.3 is 18.8 Å². The summed E-state index contributed by atoms with van der Waals surface area (Å²) in [6.45, 7) is 2.28. The van der Waals surface area contributed by atoms with Crippen LogP contribution in [-0.2, 0) is 27.1 Å². The smallest absolute Gasteiger partial charge is 0.396 e. The van der Waals surface area contributed by atoms with Crippen molar-refractivity contribution in [3.63, 3.8) is 0 Å². The standard InChI is InChI=1S/C16H17F3N2O4/c1-3-24-20-8-13-14(9-23-10-22-2)21-25-15(13)11-4-6-12(7-5-11)16(17,18)19/h4-8H,3,9-10H2,1-2H3/b20-8+. The van der Waals surface area contributed by atoms with E-state index in [-0.39, 0.29) is 19.2 Å². The van der Waals surface area contributed by atoms with Crippen LogP contribution in [0.3, 0.4) is 0 Å². The molecule has 0 aliphatic rings. The van der Waals surface area contributed by atoms with Gasteiger partial charge in [0.05, 0.1) is 23.9 Å². The number of hydrogen-bond acceptors (Lipinski definition) is 6. The molecular formula is C16H17F3N2O4. The zero-order valence-electron chi connectivity index (χ0n) is 13.7. The van der Waals surface area contributed by atoms with Gasteiger partial charge in [-0.05, 0) is 19.1 Å². The van der Waals surface area contributed by atoms with Crippen LogP contribution < -0.4 is 0 Å². The first-order chi connectivity index (χ1) is 12.0. The van der Waals surface area contributed by atoms with Crippen molar-refractivity contribution < 1.29 is 32.0 Å². The summed E-state index contributed by atoms with van der Waals surface area (Å²) in [6, 6.07) is 4.56. The fourth-order valence-corrected chi connectivity index (χ4v) is 1.97. The number of halogens is 3. The molecule has 1 aromatic heterocycles. The molecule has 0 spiro atoms. The highest BCUT2D eigenvalue weighted by atomic mass is 19.4. The summed E-state index contributed by atoms with van der Waals surface area (Å²) in [5.74, 6) is 0.271. The third kappa shape index (κ3) is 5.04. The summed E-state index contributed by atoms with van der Waals surface area (Å²) in [5.41, 5.74) is 0.570. The summed E-state index contributed by atoms with van der Waals surface area (Å²) in [5, 5.41) is 7.66. The molecule has 0 aliphatic carbocycles. The number of methoxy groups -OCH3 is 1. The van der Waals surface area contributed by atoms with Gasteiger partial charge in [0.25, 0.3) is 0 Å². The Bertz CT molecular complexity index is 696. The average molecular weight is 358 g/mol. The van der Waals surface area contributed by atoms with Crippen LogP contribution in [0.1, 0.15) is 23.7 Å². The minimum absolute atomic E-state index is 0.0600. The van der Waals surface area contributed by atoms with E-state index in [9.17, 15) is 13.2 Å². The summed E-state index contributed by atoms with van der Waals surface area (Å²) in [4.78, 5) is 4.93. The van der Waals surface area contributed by atoms with Crippen LogP contribution >= 0.6 is 0 Å². The van der Waals surface area contributed by atoms with Crippen molar-refractivity contribution in [2.24, 2.45) is 5.16 Å². The maximum atomic E-state index is 12.7. The van der Waals surface area contributed by atoms with Gasteiger partial charge in [-0.1, -0.05) is 22.4 Å². The molecule has 2 aromatic rings. The molecular weight excluding hydrogens is 341 g/mol. The predicted octanol–water partition coefficient (Wildman–Crippen LogP) is 3.85. The molecule has 0 amide bonds. The first-order valence-corrected chi connectivity index (χ1v) is 7.35. The number of oxime groups is 1. The van der Waals surface area contributed by atoms with Crippen LogP contribution in [0.2, 0.25) is 0 Å². The topological polar surface area (TPSA) is 66.1 Å². The van der Waals surface area contributed by atoms with Crippen LogP contribution in [0.4, 0.5) is 13.2 Å². The van der Waals surface area contributed by atoms with Crippen LogP contribution in [-0.4, -0.2) is 31.9 Å². The van der Waals surface area contributed by atoms with Crippen LogP contribution in [0.25, 0.3) is 11.3 Å². The first-order valence-electron chi connectivity index (χ1n) is 7.35. The maximum absolute atomic E-state index is 12.7. The maximum Gasteiger partial charge on any atom is 0.416 e. The number of benzene rings is 1. The SMILES string of the molecule is CCO/N=C/c1c(COCOC)noc1-c1ccc(C(F)(F)F)cc1. The molecule has 9 heteroatoms. The average Bonchev–Trinajstić information content (AvgIpc) is 2.98. The van der Waals surface area contributed by atoms with Gasteiger partial charge in [0, 0.05) is 12.7 Å². The summed E-state index contributed by atoms with van der Waals surface area (Å²) in [6.07, 6.45) is -3.02. The Kier molecular flexibility index (Phi) is 6.54. The summed E-state index contributed by atoms with van der Waals surface area (Å²) >= 11 is 0. The number of alkyl halides is 3. The van der Waals surface area contributed by atoms with Gasteiger partial charge in [-0.25, -0.2) is 0 Å².